The number of hydrogen-bond donors (Lipinski definition) is 1. The van der Waals surface area contributed by atoms with Crippen molar-refractivity contribution >= 4 is 50.7 Å². The molecule has 5 nitrogen and oxygen atoms in total. The molecule has 0 aliphatic carbocycles. The normalized spacial score (nSPS) is 18.3. The molecule has 7 heteroatoms. The number of benzene rings is 2. The molecule has 2 heterocycles. The third-order valence-electron chi connectivity index (χ3n) is 5.12. The molecule has 0 spiro atoms. The molecule has 1 unspecified atom stereocenters. The average molecular weight is 487 g/mol. The number of halogens is 2. The Labute approximate surface area is 186 Å². The average Bonchev–Trinajstić information content (AvgIpc) is 3.33. The van der Waals surface area contributed by atoms with Crippen LogP contribution in [0.1, 0.15) is 28.5 Å². The number of anilines is 1. The monoisotopic (exact) mass is 485 g/mol. The Bertz CT molecular complexity index is 1200. The molecule has 1 aliphatic heterocycles. The van der Waals surface area contributed by atoms with Crippen molar-refractivity contribution in [3.63, 3.8) is 0 Å². The minimum atomic E-state index is -0.916. The van der Waals surface area contributed by atoms with Crippen LogP contribution in [0.25, 0.3) is 5.76 Å². The zero-order valence-electron chi connectivity index (χ0n) is 16.1. The summed E-state index contributed by atoms with van der Waals surface area (Å²) in [6, 6.07) is 12.7. The van der Waals surface area contributed by atoms with Crippen molar-refractivity contribution in [2.24, 2.45) is 0 Å². The highest BCUT2D eigenvalue weighted by molar-refractivity contribution is 9.10. The van der Waals surface area contributed by atoms with E-state index in [0.29, 0.717) is 22.0 Å². The molecule has 0 radical (unpaired) electrons. The Morgan fingerprint density at radius 3 is 2.53 bits per heavy atom. The number of aliphatic hydroxyl groups excluding tert-OH is 1. The van der Waals surface area contributed by atoms with Gasteiger partial charge in [-0.05, 0) is 61.4 Å². The van der Waals surface area contributed by atoms with Crippen LogP contribution >= 0.6 is 27.5 Å². The van der Waals surface area contributed by atoms with Gasteiger partial charge in [0.1, 0.15) is 17.6 Å². The first-order valence-electron chi connectivity index (χ1n) is 9.16. The van der Waals surface area contributed by atoms with Crippen LogP contribution in [0, 0.1) is 13.8 Å². The van der Waals surface area contributed by atoms with Crippen molar-refractivity contribution in [2.45, 2.75) is 19.9 Å². The Morgan fingerprint density at radius 2 is 1.87 bits per heavy atom. The Balaban J connectivity index is 1.96. The first-order valence-corrected chi connectivity index (χ1v) is 10.3. The van der Waals surface area contributed by atoms with Gasteiger partial charge < -0.3 is 9.52 Å². The third kappa shape index (κ3) is 3.36. The van der Waals surface area contributed by atoms with Gasteiger partial charge in [-0.3, -0.25) is 14.5 Å². The van der Waals surface area contributed by atoms with Crippen LogP contribution in [-0.4, -0.2) is 16.8 Å². The SMILES string of the molecule is Cc1cc(/C(O)=C2/C(=O)C(=O)N(c3cc(Cl)ccc3C)C2c2ccco2)ccc1Br. The van der Waals surface area contributed by atoms with E-state index >= 15 is 0 Å². The minimum absolute atomic E-state index is 0.0314. The lowest BCUT2D eigenvalue weighted by Crippen LogP contribution is -2.30. The summed E-state index contributed by atoms with van der Waals surface area (Å²) in [5, 5.41) is 11.5. The third-order valence-corrected chi connectivity index (χ3v) is 6.24. The van der Waals surface area contributed by atoms with Gasteiger partial charge in [0.2, 0.25) is 0 Å². The number of aryl methyl sites for hydroxylation is 2. The molecular weight excluding hydrogens is 470 g/mol. The van der Waals surface area contributed by atoms with Crippen molar-refractivity contribution < 1.29 is 19.1 Å². The number of ketones is 1. The molecule has 1 atom stereocenters. The molecule has 1 N–H and O–H groups in total. The van der Waals surface area contributed by atoms with E-state index in [2.05, 4.69) is 15.9 Å². The van der Waals surface area contributed by atoms with Gasteiger partial charge in [0.05, 0.1) is 11.8 Å². The van der Waals surface area contributed by atoms with E-state index in [-0.39, 0.29) is 11.3 Å². The molecule has 3 aromatic rings. The van der Waals surface area contributed by atoms with Gasteiger partial charge in [-0.1, -0.05) is 39.7 Å². The smallest absolute Gasteiger partial charge is 0.300 e. The summed E-state index contributed by atoms with van der Waals surface area (Å²) >= 11 is 9.59. The number of carbonyl (C=O) groups excluding carboxylic acids is 2. The predicted molar refractivity (Wildman–Crippen MR) is 119 cm³/mol. The molecule has 0 bridgehead atoms. The number of aliphatic hydroxyl groups is 1. The minimum Gasteiger partial charge on any atom is -0.507 e. The second-order valence-corrected chi connectivity index (χ2v) is 8.37. The maximum Gasteiger partial charge on any atom is 0.300 e. The Kier molecular flexibility index (Phi) is 5.30. The Morgan fingerprint density at radius 1 is 1.10 bits per heavy atom. The number of hydrogen-bond acceptors (Lipinski definition) is 4. The summed E-state index contributed by atoms with van der Waals surface area (Å²) in [5.41, 5.74) is 2.53. The van der Waals surface area contributed by atoms with Crippen LogP contribution < -0.4 is 4.90 Å². The zero-order chi connectivity index (χ0) is 21.6. The van der Waals surface area contributed by atoms with Gasteiger partial charge >= 0.3 is 0 Å². The van der Waals surface area contributed by atoms with E-state index in [0.717, 1.165) is 15.6 Å². The molecule has 152 valence electrons. The Hall–Kier alpha value is -2.83. The molecular formula is C23H17BrClNO4. The largest absolute Gasteiger partial charge is 0.507 e. The lowest BCUT2D eigenvalue weighted by atomic mass is 9.98. The van der Waals surface area contributed by atoms with Gasteiger partial charge in [0.25, 0.3) is 11.7 Å². The molecule has 1 aromatic heterocycles. The summed E-state index contributed by atoms with van der Waals surface area (Å²) in [5.74, 6) is -1.43. The first kappa shape index (κ1) is 20.4. The number of Topliss-reactive ketones (excluding diaryl/α,β-unsaturated/α-hetero) is 1. The number of nitrogens with zero attached hydrogens (tertiary/aromatic N) is 1. The molecule has 30 heavy (non-hydrogen) atoms. The van der Waals surface area contributed by atoms with Crippen molar-refractivity contribution in [2.75, 3.05) is 4.90 Å². The quantitative estimate of drug-likeness (QED) is 0.283. The summed E-state index contributed by atoms with van der Waals surface area (Å²) < 4.78 is 6.44. The summed E-state index contributed by atoms with van der Waals surface area (Å²) in [7, 11) is 0. The second kappa shape index (κ2) is 7.78. The first-order chi connectivity index (χ1) is 14.3. The molecule has 1 amide bonds. The maximum absolute atomic E-state index is 13.1. The van der Waals surface area contributed by atoms with Gasteiger partial charge in [-0.2, -0.15) is 0 Å². The lowest BCUT2D eigenvalue weighted by molar-refractivity contribution is -0.132. The van der Waals surface area contributed by atoms with Crippen LogP contribution in [0.2, 0.25) is 5.02 Å². The van der Waals surface area contributed by atoms with Gasteiger partial charge in [-0.15, -0.1) is 0 Å². The van der Waals surface area contributed by atoms with Gasteiger partial charge in [0, 0.05) is 20.7 Å². The number of amides is 1. The van der Waals surface area contributed by atoms with E-state index in [1.807, 2.05) is 13.8 Å². The second-order valence-electron chi connectivity index (χ2n) is 7.08. The number of carbonyl (C=O) groups is 2. The standard InChI is InChI=1S/C23H17BrClNO4/c1-12-5-7-15(25)11-17(12)26-20(18-4-3-9-30-18)19(22(28)23(26)29)21(27)14-6-8-16(24)13(2)10-14/h3-11,20,27H,1-2H3/b21-19-. The van der Waals surface area contributed by atoms with Crippen molar-refractivity contribution in [3.8, 4) is 0 Å². The van der Waals surface area contributed by atoms with E-state index in [1.165, 1.54) is 11.2 Å². The summed E-state index contributed by atoms with van der Waals surface area (Å²) in [4.78, 5) is 27.5. The zero-order valence-corrected chi connectivity index (χ0v) is 18.5. The van der Waals surface area contributed by atoms with Crippen molar-refractivity contribution in [1.29, 1.82) is 0 Å². The van der Waals surface area contributed by atoms with Crippen LogP contribution in [0.5, 0.6) is 0 Å². The fraction of sp³-hybridized carbons (Fsp3) is 0.130. The van der Waals surface area contributed by atoms with Crippen LogP contribution in [-0.2, 0) is 9.59 Å². The highest BCUT2D eigenvalue weighted by Crippen LogP contribution is 2.43. The molecule has 2 aromatic carbocycles. The maximum atomic E-state index is 13.1. The van der Waals surface area contributed by atoms with Crippen LogP contribution in [0.15, 0.2) is 69.3 Å². The number of rotatable bonds is 3. The fourth-order valence-electron chi connectivity index (χ4n) is 3.59. The van der Waals surface area contributed by atoms with E-state index in [4.69, 9.17) is 16.0 Å². The van der Waals surface area contributed by atoms with Crippen LogP contribution in [0.3, 0.4) is 0 Å². The highest BCUT2D eigenvalue weighted by Gasteiger charge is 2.48. The molecule has 1 saturated heterocycles. The summed E-state index contributed by atoms with van der Waals surface area (Å²) in [6.07, 6.45) is 1.46. The van der Waals surface area contributed by atoms with Gasteiger partial charge in [-0.25, -0.2) is 0 Å². The molecule has 0 saturated carbocycles. The highest BCUT2D eigenvalue weighted by atomic mass is 79.9. The van der Waals surface area contributed by atoms with Crippen molar-refractivity contribution in [3.05, 3.63) is 92.3 Å². The summed E-state index contributed by atoms with van der Waals surface area (Å²) in [6.45, 7) is 3.70. The van der Waals surface area contributed by atoms with Crippen molar-refractivity contribution in [1.82, 2.24) is 0 Å². The van der Waals surface area contributed by atoms with E-state index < -0.39 is 17.7 Å². The van der Waals surface area contributed by atoms with E-state index in [9.17, 15) is 14.7 Å². The topological polar surface area (TPSA) is 70.8 Å². The van der Waals surface area contributed by atoms with E-state index in [1.54, 1.807) is 48.5 Å². The number of furan rings is 1. The van der Waals surface area contributed by atoms with Gasteiger partial charge in [0.15, 0.2) is 0 Å². The molecule has 4 rings (SSSR count). The predicted octanol–water partition coefficient (Wildman–Crippen LogP) is 5.94. The fourth-order valence-corrected chi connectivity index (χ4v) is 4.00. The molecule has 1 aliphatic rings. The lowest BCUT2D eigenvalue weighted by Gasteiger charge is -2.25. The molecule has 1 fully saturated rings. The van der Waals surface area contributed by atoms with Crippen LogP contribution in [0.4, 0.5) is 5.69 Å².